The van der Waals surface area contributed by atoms with E-state index in [1.165, 1.54) is 25.3 Å². The van der Waals surface area contributed by atoms with Gasteiger partial charge in [-0.15, -0.1) is 0 Å². The highest BCUT2D eigenvalue weighted by Crippen LogP contribution is 2.30. The summed E-state index contributed by atoms with van der Waals surface area (Å²) in [4.78, 5) is 16.1. The van der Waals surface area contributed by atoms with E-state index in [1.807, 2.05) is 0 Å². The number of esters is 1. The Morgan fingerprint density at radius 3 is 2.77 bits per heavy atom. The number of carbonyl (C=O) groups excluding carboxylic acids is 1. The summed E-state index contributed by atoms with van der Waals surface area (Å²) >= 11 is 0. The minimum atomic E-state index is -0.644. The van der Waals surface area contributed by atoms with Gasteiger partial charge in [-0.3, -0.25) is 0 Å². The monoisotopic (exact) mass is 353 g/mol. The van der Waals surface area contributed by atoms with Crippen LogP contribution in [0.2, 0.25) is 0 Å². The Morgan fingerprint density at radius 1 is 1.23 bits per heavy atom. The maximum absolute atomic E-state index is 13.8. The second-order valence-electron chi connectivity index (χ2n) is 5.33. The van der Waals surface area contributed by atoms with Crippen molar-refractivity contribution < 1.29 is 23.4 Å². The molecule has 3 rings (SSSR count). The molecule has 1 aliphatic rings. The molecule has 0 atom stereocenters. The molecule has 1 aliphatic heterocycles. The van der Waals surface area contributed by atoms with Crippen LogP contribution in [-0.2, 0) is 9.53 Å². The Balaban J connectivity index is 1.91. The van der Waals surface area contributed by atoms with Crippen molar-refractivity contribution in [1.82, 2.24) is 0 Å². The van der Waals surface area contributed by atoms with Crippen LogP contribution < -0.4 is 9.47 Å². The van der Waals surface area contributed by atoms with Gasteiger partial charge in [-0.1, -0.05) is 30.9 Å². The highest BCUT2D eigenvalue weighted by molar-refractivity contribution is 6.12. The molecule has 0 N–H and O–H groups in total. The van der Waals surface area contributed by atoms with E-state index in [9.17, 15) is 9.18 Å². The van der Waals surface area contributed by atoms with Gasteiger partial charge in [-0.2, -0.15) is 0 Å². The number of rotatable bonds is 6. The Labute approximate surface area is 150 Å². The van der Waals surface area contributed by atoms with Gasteiger partial charge in [0.1, 0.15) is 12.4 Å². The molecule has 0 amide bonds. The Hall–Kier alpha value is -3.41. The molecular formula is C20H16FNO4. The summed E-state index contributed by atoms with van der Waals surface area (Å²) in [5.74, 6) is -0.151. The molecule has 0 saturated heterocycles. The Bertz CT molecular complexity index is 918. The minimum Gasteiger partial charge on any atom is -0.493 e. The van der Waals surface area contributed by atoms with Crippen LogP contribution in [0.5, 0.6) is 11.5 Å². The number of nitrogens with zero attached hydrogens (tertiary/aromatic N) is 1. The predicted octanol–water partition coefficient (Wildman–Crippen LogP) is 3.74. The number of aliphatic imine (C=N–C) groups is 1. The molecule has 0 aliphatic carbocycles. The van der Waals surface area contributed by atoms with Crippen molar-refractivity contribution in [2.75, 3.05) is 13.7 Å². The second-order valence-corrected chi connectivity index (χ2v) is 5.33. The second kappa shape index (κ2) is 7.65. The van der Waals surface area contributed by atoms with E-state index in [0.29, 0.717) is 23.7 Å². The third-order valence-electron chi connectivity index (χ3n) is 3.57. The zero-order valence-corrected chi connectivity index (χ0v) is 14.1. The zero-order chi connectivity index (χ0) is 18.5. The zero-order valence-electron chi connectivity index (χ0n) is 14.1. The van der Waals surface area contributed by atoms with Gasteiger partial charge in [0.05, 0.1) is 12.7 Å². The van der Waals surface area contributed by atoms with Crippen LogP contribution in [0.15, 0.2) is 65.8 Å². The summed E-state index contributed by atoms with van der Waals surface area (Å²) in [5, 5.41) is 0. The fourth-order valence-electron chi connectivity index (χ4n) is 2.36. The first-order valence-corrected chi connectivity index (χ1v) is 7.81. The molecule has 0 fully saturated rings. The van der Waals surface area contributed by atoms with Gasteiger partial charge in [0.2, 0.25) is 5.90 Å². The molecule has 0 saturated carbocycles. The van der Waals surface area contributed by atoms with Crippen molar-refractivity contribution in [2.24, 2.45) is 4.99 Å². The maximum atomic E-state index is 13.8. The van der Waals surface area contributed by atoms with Gasteiger partial charge in [-0.25, -0.2) is 14.2 Å². The Morgan fingerprint density at radius 2 is 2.04 bits per heavy atom. The van der Waals surface area contributed by atoms with Gasteiger partial charge < -0.3 is 14.2 Å². The minimum absolute atomic E-state index is 0.0581. The van der Waals surface area contributed by atoms with Crippen molar-refractivity contribution in [3.8, 4) is 11.5 Å². The quantitative estimate of drug-likeness (QED) is 0.451. The molecule has 0 spiro atoms. The molecule has 0 aromatic heterocycles. The highest BCUT2D eigenvalue weighted by Gasteiger charge is 2.26. The fraction of sp³-hybridized carbons (Fsp3) is 0.100. The lowest BCUT2D eigenvalue weighted by atomic mass is 10.1. The van der Waals surface area contributed by atoms with Crippen LogP contribution in [-0.4, -0.2) is 25.6 Å². The molecule has 6 heteroatoms. The van der Waals surface area contributed by atoms with Crippen LogP contribution in [0, 0.1) is 5.82 Å². The number of carbonyl (C=O) groups is 1. The standard InChI is InChI=1S/C20H16FNO4/c1-3-10-25-17-9-8-13(12-18(17)24-2)11-16-20(23)26-19(22-16)14-6-4-5-7-15(14)21/h3-9,11-12H,1,10H2,2H3/b16-11-. The molecule has 0 bridgehead atoms. The Kier molecular flexibility index (Phi) is 5.12. The van der Waals surface area contributed by atoms with E-state index in [-0.39, 0.29) is 17.2 Å². The first-order valence-electron chi connectivity index (χ1n) is 7.81. The van der Waals surface area contributed by atoms with E-state index < -0.39 is 11.8 Å². The highest BCUT2D eigenvalue weighted by atomic mass is 19.1. The van der Waals surface area contributed by atoms with E-state index in [4.69, 9.17) is 14.2 Å². The van der Waals surface area contributed by atoms with Gasteiger partial charge in [-0.05, 0) is 35.9 Å². The third kappa shape index (κ3) is 3.64. The molecule has 132 valence electrons. The van der Waals surface area contributed by atoms with E-state index in [2.05, 4.69) is 11.6 Å². The van der Waals surface area contributed by atoms with Gasteiger partial charge >= 0.3 is 5.97 Å². The number of methoxy groups -OCH3 is 1. The molecule has 0 unspecified atom stereocenters. The lowest BCUT2D eigenvalue weighted by molar-refractivity contribution is -0.129. The van der Waals surface area contributed by atoms with Crippen LogP contribution in [0.1, 0.15) is 11.1 Å². The maximum Gasteiger partial charge on any atom is 0.363 e. The first kappa shape index (κ1) is 17.4. The van der Waals surface area contributed by atoms with E-state index in [0.717, 1.165) is 0 Å². The van der Waals surface area contributed by atoms with E-state index >= 15 is 0 Å². The van der Waals surface area contributed by atoms with Crippen molar-refractivity contribution >= 4 is 17.9 Å². The van der Waals surface area contributed by atoms with Crippen molar-refractivity contribution in [2.45, 2.75) is 0 Å². The van der Waals surface area contributed by atoms with E-state index in [1.54, 1.807) is 36.4 Å². The fourth-order valence-corrected chi connectivity index (χ4v) is 2.36. The van der Waals surface area contributed by atoms with Crippen LogP contribution in [0.3, 0.4) is 0 Å². The number of benzene rings is 2. The number of halogens is 1. The van der Waals surface area contributed by atoms with Gasteiger partial charge in [0, 0.05) is 0 Å². The van der Waals surface area contributed by atoms with Crippen LogP contribution in [0.25, 0.3) is 6.08 Å². The number of hydrogen-bond donors (Lipinski definition) is 0. The molecule has 5 nitrogen and oxygen atoms in total. The van der Waals surface area contributed by atoms with Crippen LogP contribution >= 0.6 is 0 Å². The summed E-state index contributed by atoms with van der Waals surface area (Å²) in [6, 6.07) is 11.1. The summed E-state index contributed by atoms with van der Waals surface area (Å²) in [6.07, 6.45) is 3.17. The summed E-state index contributed by atoms with van der Waals surface area (Å²) in [7, 11) is 1.52. The number of hydrogen-bond acceptors (Lipinski definition) is 5. The van der Waals surface area contributed by atoms with Gasteiger partial charge in [0.25, 0.3) is 0 Å². The molecule has 2 aromatic rings. The smallest absolute Gasteiger partial charge is 0.363 e. The topological polar surface area (TPSA) is 57.1 Å². The van der Waals surface area contributed by atoms with Gasteiger partial charge in [0.15, 0.2) is 17.2 Å². The summed E-state index contributed by atoms with van der Waals surface area (Å²) in [6.45, 7) is 3.94. The van der Waals surface area contributed by atoms with Crippen molar-refractivity contribution in [3.05, 3.63) is 77.8 Å². The van der Waals surface area contributed by atoms with Crippen molar-refractivity contribution in [1.29, 1.82) is 0 Å². The lowest BCUT2D eigenvalue weighted by Crippen LogP contribution is -2.07. The average Bonchev–Trinajstić information content (AvgIpc) is 3.01. The molecule has 0 radical (unpaired) electrons. The van der Waals surface area contributed by atoms with Crippen LogP contribution in [0.4, 0.5) is 4.39 Å². The number of cyclic esters (lactones) is 1. The molecular weight excluding hydrogens is 337 g/mol. The first-order chi connectivity index (χ1) is 12.6. The lowest BCUT2D eigenvalue weighted by Gasteiger charge is -2.09. The third-order valence-corrected chi connectivity index (χ3v) is 3.57. The predicted molar refractivity (Wildman–Crippen MR) is 95.7 cm³/mol. The number of ether oxygens (including phenoxy) is 3. The normalized spacial score (nSPS) is 14.8. The van der Waals surface area contributed by atoms with Crippen molar-refractivity contribution in [3.63, 3.8) is 0 Å². The molecule has 1 heterocycles. The largest absolute Gasteiger partial charge is 0.493 e. The SMILES string of the molecule is C=CCOc1ccc(/C=C2\N=C(c3ccccc3F)OC2=O)cc1OC. The summed E-state index contributed by atoms with van der Waals surface area (Å²) < 4.78 is 29.7. The molecule has 26 heavy (non-hydrogen) atoms. The molecule has 2 aromatic carbocycles. The summed E-state index contributed by atoms with van der Waals surface area (Å²) in [5.41, 5.74) is 0.873. The average molecular weight is 353 g/mol.